The Balaban J connectivity index is 2.21. The molecule has 0 radical (unpaired) electrons. The first kappa shape index (κ1) is 11.1. The van der Waals surface area contributed by atoms with Crippen LogP contribution in [0, 0.1) is 5.82 Å². The first-order valence-corrected chi connectivity index (χ1v) is 4.58. The number of rotatable bonds is 4. The van der Waals surface area contributed by atoms with Gasteiger partial charge in [-0.15, -0.1) is 0 Å². The summed E-state index contributed by atoms with van der Waals surface area (Å²) in [6.07, 6.45) is 1.11. The van der Waals surface area contributed by atoms with Crippen molar-refractivity contribution in [1.82, 2.24) is 10.1 Å². The lowest BCUT2D eigenvalue weighted by Gasteiger charge is -2.07. The first-order valence-electron chi connectivity index (χ1n) is 4.58. The fourth-order valence-corrected chi connectivity index (χ4v) is 1.23. The van der Waals surface area contributed by atoms with E-state index in [1.165, 1.54) is 12.1 Å². The highest BCUT2D eigenvalue weighted by atomic mass is 19.1. The van der Waals surface area contributed by atoms with Crippen LogP contribution >= 0.6 is 0 Å². The first-order chi connectivity index (χ1) is 8.18. The van der Waals surface area contributed by atoms with Crippen molar-refractivity contribution in [2.24, 2.45) is 0 Å². The summed E-state index contributed by atoms with van der Waals surface area (Å²) in [7, 11) is 0. The minimum absolute atomic E-state index is 0.0812. The highest BCUT2D eigenvalue weighted by molar-refractivity contribution is 5.91. The number of aromatic carboxylic acids is 1. The van der Waals surface area contributed by atoms with E-state index in [-0.39, 0.29) is 18.2 Å². The molecule has 6 nitrogen and oxygen atoms in total. The fraction of sp³-hybridized carbons (Fsp3) is 0.100. The van der Waals surface area contributed by atoms with E-state index in [0.29, 0.717) is 0 Å². The summed E-state index contributed by atoms with van der Waals surface area (Å²) in [4.78, 5) is 14.5. The van der Waals surface area contributed by atoms with E-state index < -0.39 is 17.3 Å². The van der Waals surface area contributed by atoms with Crippen molar-refractivity contribution in [3.63, 3.8) is 0 Å². The number of halogens is 1. The molecule has 0 fully saturated rings. The van der Waals surface area contributed by atoms with Gasteiger partial charge >= 0.3 is 5.97 Å². The predicted molar refractivity (Wildman–Crippen MR) is 52.0 cm³/mol. The maximum Gasteiger partial charge on any atom is 0.342 e. The van der Waals surface area contributed by atoms with Gasteiger partial charge in [-0.1, -0.05) is 11.2 Å². The number of carboxylic acid groups (broad SMARTS) is 1. The number of nitrogens with zero attached hydrogens (tertiary/aromatic N) is 2. The fourth-order valence-electron chi connectivity index (χ4n) is 1.23. The number of aromatic nitrogens is 2. The van der Waals surface area contributed by atoms with Crippen molar-refractivity contribution >= 4 is 5.97 Å². The maximum atomic E-state index is 13.3. The van der Waals surface area contributed by atoms with E-state index >= 15 is 0 Å². The molecule has 0 bridgehead atoms. The molecule has 0 atom stereocenters. The van der Waals surface area contributed by atoms with Crippen LogP contribution in [0.2, 0.25) is 0 Å². The third kappa shape index (κ3) is 2.39. The summed E-state index contributed by atoms with van der Waals surface area (Å²) in [6, 6.07) is 3.75. The summed E-state index contributed by atoms with van der Waals surface area (Å²) < 4.78 is 22.8. The molecule has 1 heterocycles. The summed E-state index contributed by atoms with van der Waals surface area (Å²) in [5.74, 6) is -2.10. The van der Waals surface area contributed by atoms with Crippen molar-refractivity contribution in [2.75, 3.05) is 0 Å². The van der Waals surface area contributed by atoms with Crippen molar-refractivity contribution in [2.45, 2.75) is 6.61 Å². The van der Waals surface area contributed by atoms with E-state index in [4.69, 9.17) is 9.84 Å². The minimum Gasteiger partial charge on any atom is -0.484 e. The van der Waals surface area contributed by atoms with Crippen LogP contribution in [0.3, 0.4) is 0 Å². The van der Waals surface area contributed by atoms with Crippen molar-refractivity contribution < 1.29 is 23.6 Å². The summed E-state index contributed by atoms with van der Waals surface area (Å²) >= 11 is 0. The molecule has 1 aromatic heterocycles. The van der Waals surface area contributed by atoms with Gasteiger partial charge in [-0.05, 0) is 12.1 Å². The van der Waals surface area contributed by atoms with Gasteiger partial charge < -0.3 is 14.4 Å². The second kappa shape index (κ2) is 4.60. The number of hydrogen-bond acceptors (Lipinski definition) is 5. The Kier molecular flexibility index (Phi) is 2.99. The average molecular weight is 238 g/mol. The van der Waals surface area contributed by atoms with Crippen LogP contribution in [0.5, 0.6) is 5.75 Å². The smallest absolute Gasteiger partial charge is 0.342 e. The molecule has 0 saturated carbocycles. The number of hydrogen-bond donors (Lipinski definition) is 1. The van der Waals surface area contributed by atoms with Gasteiger partial charge in [-0.3, -0.25) is 0 Å². The molecule has 0 aliphatic rings. The van der Waals surface area contributed by atoms with Gasteiger partial charge in [0.25, 0.3) is 0 Å². The van der Waals surface area contributed by atoms with Gasteiger partial charge in [0.05, 0.1) is 0 Å². The number of carboxylic acids is 1. The average Bonchev–Trinajstić information content (AvgIpc) is 2.78. The van der Waals surface area contributed by atoms with Crippen LogP contribution in [-0.2, 0) is 6.61 Å². The Morgan fingerprint density at radius 2 is 2.35 bits per heavy atom. The molecule has 2 rings (SSSR count). The second-order valence-electron chi connectivity index (χ2n) is 3.05. The van der Waals surface area contributed by atoms with Crippen LogP contribution < -0.4 is 4.74 Å². The molecule has 0 aliphatic heterocycles. The molecule has 1 N–H and O–H groups in total. The zero-order valence-corrected chi connectivity index (χ0v) is 8.46. The lowest BCUT2D eigenvalue weighted by atomic mass is 10.2. The van der Waals surface area contributed by atoms with Crippen LogP contribution in [0.25, 0.3) is 0 Å². The summed E-state index contributed by atoms with van der Waals surface area (Å²) in [5, 5.41) is 12.3. The van der Waals surface area contributed by atoms with Gasteiger partial charge in [-0.2, -0.15) is 4.98 Å². The van der Waals surface area contributed by atoms with Gasteiger partial charge in [0, 0.05) is 0 Å². The van der Waals surface area contributed by atoms with Gasteiger partial charge in [0.15, 0.2) is 6.61 Å². The normalized spacial score (nSPS) is 10.2. The molecule has 7 heteroatoms. The molecule has 0 saturated heterocycles. The molecule has 88 valence electrons. The Labute approximate surface area is 94.6 Å². The molecule has 1 aromatic carbocycles. The molecule has 0 amide bonds. The zero-order valence-electron chi connectivity index (χ0n) is 8.46. The Morgan fingerprint density at radius 3 is 3.00 bits per heavy atom. The Hall–Kier alpha value is -2.44. The molecule has 2 aromatic rings. The summed E-state index contributed by atoms with van der Waals surface area (Å²) in [5.41, 5.74) is -0.518. The molecule has 0 unspecified atom stereocenters. The standard InChI is InChI=1S/C10H7FN2O4/c11-6-2-1-3-7(9(6)10(14)15)16-4-8-12-5-17-13-8/h1-3,5H,4H2,(H,14,15). The van der Waals surface area contributed by atoms with Crippen molar-refractivity contribution in [1.29, 1.82) is 0 Å². The molecule has 0 aliphatic carbocycles. The van der Waals surface area contributed by atoms with Crippen LogP contribution in [0.15, 0.2) is 29.1 Å². The predicted octanol–water partition coefficient (Wildman–Crippen LogP) is 1.49. The maximum absolute atomic E-state index is 13.3. The quantitative estimate of drug-likeness (QED) is 0.868. The van der Waals surface area contributed by atoms with Crippen molar-refractivity contribution in [3.05, 3.63) is 41.8 Å². The molecular weight excluding hydrogens is 231 g/mol. The molecule has 17 heavy (non-hydrogen) atoms. The minimum atomic E-state index is -1.40. The van der Waals surface area contributed by atoms with Crippen LogP contribution in [-0.4, -0.2) is 21.2 Å². The topological polar surface area (TPSA) is 85.5 Å². The largest absolute Gasteiger partial charge is 0.484 e. The SMILES string of the molecule is O=C(O)c1c(F)cccc1OCc1ncon1. The monoisotopic (exact) mass is 238 g/mol. The van der Waals surface area contributed by atoms with Crippen molar-refractivity contribution in [3.8, 4) is 5.75 Å². The van der Waals surface area contributed by atoms with E-state index in [1.54, 1.807) is 0 Å². The third-order valence-electron chi connectivity index (χ3n) is 1.95. The van der Waals surface area contributed by atoms with Crippen LogP contribution in [0.4, 0.5) is 4.39 Å². The molecule has 0 spiro atoms. The van der Waals surface area contributed by atoms with Gasteiger partial charge in [0.1, 0.15) is 17.1 Å². The lowest BCUT2D eigenvalue weighted by molar-refractivity contribution is 0.0686. The van der Waals surface area contributed by atoms with E-state index in [9.17, 15) is 9.18 Å². The molecular formula is C10H7FN2O4. The van der Waals surface area contributed by atoms with E-state index in [2.05, 4.69) is 14.7 Å². The van der Waals surface area contributed by atoms with Crippen LogP contribution in [0.1, 0.15) is 16.2 Å². The third-order valence-corrected chi connectivity index (χ3v) is 1.95. The Bertz CT molecular complexity index is 527. The number of carbonyl (C=O) groups is 1. The van der Waals surface area contributed by atoms with E-state index in [0.717, 1.165) is 12.5 Å². The second-order valence-corrected chi connectivity index (χ2v) is 3.05. The lowest BCUT2D eigenvalue weighted by Crippen LogP contribution is -2.06. The highest BCUT2D eigenvalue weighted by Crippen LogP contribution is 2.22. The van der Waals surface area contributed by atoms with Gasteiger partial charge in [0.2, 0.25) is 12.2 Å². The number of benzene rings is 1. The highest BCUT2D eigenvalue weighted by Gasteiger charge is 2.17. The van der Waals surface area contributed by atoms with E-state index in [1.807, 2.05) is 0 Å². The number of ether oxygens (including phenoxy) is 1. The zero-order chi connectivity index (χ0) is 12.3. The Morgan fingerprint density at radius 1 is 1.53 bits per heavy atom. The van der Waals surface area contributed by atoms with Gasteiger partial charge in [-0.25, -0.2) is 9.18 Å². The summed E-state index contributed by atoms with van der Waals surface area (Å²) in [6.45, 7) is -0.0970.